The van der Waals surface area contributed by atoms with Crippen molar-refractivity contribution >= 4 is 15.7 Å². The highest BCUT2D eigenvalue weighted by atomic mass is 32.2. The maximum atomic E-state index is 12.5. The molecule has 1 N–H and O–H groups in total. The van der Waals surface area contributed by atoms with E-state index in [-0.39, 0.29) is 17.5 Å². The SMILES string of the molecule is CC(C)C(CNC(=O)c1ccc(S(=O)(=O)C(F)F)cc1)N1CCOCC1. The van der Waals surface area contributed by atoms with Crippen molar-refractivity contribution in [2.45, 2.75) is 30.5 Å². The summed E-state index contributed by atoms with van der Waals surface area (Å²) in [4.78, 5) is 14.1. The molecule has 1 aromatic rings. The van der Waals surface area contributed by atoms with E-state index in [4.69, 9.17) is 4.74 Å². The van der Waals surface area contributed by atoms with Crippen LogP contribution in [0, 0.1) is 5.92 Å². The van der Waals surface area contributed by atoms with E-state index in [0.717, 1.165) is 25.2 Å². The van der Waals surface area contributed by atoms with Crippen LogP contribution in [-0.4, -0.2) is 63.9 Å². The first-order valence-electron chi connectivity index (χ1n) is 8.45. The molecule has 1 aromatic carbocycles. The quantitative estimate of drug-likeness (QED) is 0.768. The summed E-state index contributed by atoms with van der Waals surface area (Å²) < 4.78 is 53.2. The third-order valence-corrected chi connectivity index (χ3v) is 5.83. The molecule has 1 aliphatic rings. The van der Waals surface area contributed by atoms with Crippen molar-refractivity contribution in [3.8, 4) is 0 Å². The molecule has 0 spiro atoms. The van der Waals surface area contributed by atoms with Crippen LogP contribution in [0.1, 0.15) is 24.2 Å². The van der Waals surface area contributed by atoms with Crippen molar-refractivity contribution in [3.63, 3.8) is 0 Å². The predicted octanol–water partition coefficient (Wildman–Crippen LogP) is 1.77. The van der Waals surface area contributed by atoms with Crippen LogP contribution in [0.25, 0.3) is 0 Å². The van der Waals surface area contributed by atoms with E-state index in [2.05, 4.69) is 24.1 Å². The fraction of sp³-hybridized carbons (Fsp3) is 0.588. The van der Waals surface area contributed by atoms with Gasteiger partial charge < -0.3 is 10.1 Å². The molecule has 9 heteroatoms. The molecule has 0 aromatic heterocycles. The normalized spacial score (nSPS) is 17.5. The maximum absolute atomic E-state index is 12.5. The van der Waals surface area contributed by atoms with Gasteiger partial charge in [0.1, 0.15) is 0 Å². The van der Waals surface area contributed by atoms with Crippen LogP contribution in [-0.2, 0) is 14.6 Å². The Morgan fingerprint density at radius 1 is 1.19 bits per heavy atom. The van der Waals surface area contributed by atoms with Crippen molar-refractivity contribution in [2.75, 3.05) is 32.8 Å². The maximum Gasteiger partial charge on any atom is 0.341 e. The summed E-state index contributed by atoms with van der Waals surface area (Å²) in [6.07, 6.45) is 0. The number of halogens is 2. The van der Waals surface area contributed by atoms with Gasteiger partial charge in [-0.2, -0.15) is 8.78 Å². The Morgan fingerprint density at radius 3 is 2.27 bits per heavy atom. The number of benzene rings is 1. The second kappa shape index (κ2) is 8.88. The molecule has 1 fully saturated rings. The van der Waals surface area contributed by atoms with Gasteiger partial charge in [-0.3, -0.25) is 9.69 Å². The van der Waals surface area contributed by atoms with Crippen LogP contribution in [0.15, 0.2) is 29.2 Å². The van der Waals surface area contributed by atoms with E-state index < -0.39 is 20.5 Å². The van der Waals surface area contributed by atoms with E-state index in [9.17, 15) is 22.0 Å². The van der Waals surface area contributed by atoms with Gasteiger partial charge in [-0.15, -0.1) is 0 Å². The summed E-state index contributed by atoms with van der Waals surface area (Å²) in [7, 11) is -4.65. The zero-order valence-corrected chi connectivity index (χ0v) is 15.6. The number of amides is 1. The highest BCUT2D eigenvalue weighted by molar-refractivity contribution is 7.91. The number of sulfone groups is 1. The first-order valence-corrected chi connectivity index (χ1v) is 10.00. The van der Waals surface area contributed by atoms with E-state index in [1.165, 1.54) is 12.1 Å². The summed E-state index contributed by atoms with van der Waals surface area (Å²) in [5.41, 5.74) is 0.225. The molecule has 146 valence electrons. The second-order valence-electron chi connectivity index (χ2n) is 6.50. The smallest absolute Gasteiger partial charge is 0.341 e. The molecule has 2 rings (SSSR count). The molecule has 26 heavy (non-hydrogen) atoms. The number of ether oxygens (including phenoxy) is 1. The zero-order valence-electron chi connectivity index (χ0n) is 14.8. The van der Waals surface area contributed by atoms with Crippen molar-refractivity contribution in [1.82, 2.24) is 10.2 Å². The Morgan fingerprint density at radius 2 is 1.77 bits per heavy atom. The van der Waals surface area contributed by atoms with Gasteiger partial charge >= 0.3 is 5.76 Å². The van der Waals surface area contributed by atoms with Gasteiger partial charge in [-0.25, -0.2) is 8.42 Å². The lowest BCUT2D eigenvalue weighted by atomic mass is 10.0. The van der Waals surface area contributed by atoms with Crippen LogP contribution >= 0.6 is 0 Å². The summed E-state index contributed by atoms with van der Waals surface area (Å²) in [5, 5.41) is 2.84. The molecule has 1 unspecified atom stereocenters. The monoisotopic (exact) mass is 390 g/mol. The Labute approximate surface area is 152 Å². The van der Waals surface area contributed by atoms with Crippen molar-refractivity contribution < 1.29 is 26.7 Å². The number of hydrogen-bond acceptors (Lipinski definition) is 5. The van der Waals surface area contributed by atoms with Gasteiger partial charge in [0.25, 0.3) is 5.91 Å². The van der Waals surface area contributed by atoms with Crippen LogP contribution < -0.4 is 5.32 Å². The van der Waals surface area contributed by atoms with E-state index in [1.807, 2.05) is 0 Å². The molecule has 1 heterocycles. The molecule has 1 saturated heterocycles. The van der Waals surface area contributed by atoms with E-state index in [1.54, 1.807) is 0 Å². The number of morpholine rings is 1. The lowest BCUT2D eigenvalue weighted by Crippen LogP contribution is -2.51. The van der Waals surface area contributed by atoms with Crippen LogP contribution in [0.2, 0.25) is 0 Å². The number of carbonyl (C=O) groups excluding carboxylic acids is 1. The number of nitrogens with one attached hydrogen (secondary N) is 1. The minimum Gasteiger partial charge on any atom is -0.379 e. The van der Waals surface area contributed by atoms with Crippen molar-refractivity contribution in [1.29, 1.82) is 0 Å². The third-order valence-electron chi connectivity index (χ3n) is 4.44. The molecule has 0 radical (unpaired) electrons. The summed E-state index contributed by atoms with van der Waals surface area (Å²) in [6.45, 7) is 7.53. The van der Waals surface area contributed by atoms with Crippen molar-refractivity contribution in [3.05, 3.63) is 29.8 Å². The predicted molar refractivity (Wildman–Crippen MR) is 93.0 cm³/mol. The fourth-order valence-electron chi connectivity index (χ4n) is 2.89. The highest BCUT2D eigenvalue weighted by Gasteiger charge is 2.27. The fourth-order valence-corrected chi connectivity index (χ4v) is 3.61. The standard InChI is InChI=1S/C17H24F2N2O4S/c1-12(2)15(21-7-9-25-10-8-21)11-20-16(22)13-3-5-14(6-4-13)26(23,24)17(18)19/h3-6,12,15,17H,7-11H2,1-2H3,(H,20,22). The topological polar surface area (TPSA) is 75.7 Å². The largest absolute Gasteiger partial charge is 0.379 e. The third kappa shape index (κ3) is 4.99. The highest BCUT2D eigenvalue weighted by Crippen LogP contribution is 2.19. The Bertz CT molecular complexity index is 702. The molecule has 0 aliphatic carbocycles. The van der Waals surface area contributed by atoms with Gasteiger partial charge in [0, 0.05) is 31.2 Å². The lowest BCUT2D eigenvalue weighted by molar-refractivity contribution is 0.00672. The number of rotatable bonds is 7. The molecule has 6 nitrogen and oxygen atoms in total. The Balaban J connectivity index is 2.00. The van der Waals surface area contributed by atoms with E-state index >= 15 is 0 Å². The summed E-state index contributed by atoms with van der Waals surface area (Å²) in [6, 6.07) is 4.69. The number of nitrogens with zero attached hydrogens (tertiary/aromatic N) is 1. The van der Waals surface area contributed by atoms with Gasteiger partial charge in [-0.05, 0) is 30.2 Å². The molecule has 1 aliphatic heterocycles. The second-order valence-corrected chi connectivity index (χ2v) is 8.42. The molecule has 0 saturated carbocycles. The Hall–Kier alpha value is -1.58. The first kappa shape index (κ1) is 20.7. The minimum absolute atomic E-state index is 0.154. The summed E-state index contributed by atoms with van der Waals surface area (Å²) in [5.74, 6) is -3.53. The lowest BCUT2D eigenvalue weighted by Gasteiger charge is -2.36. The average molecular weight is 390 g/mol. The number of hydrogen-bond donors (Lipinski definition) is 1. The van der Waals surface area contributed by atoms with Gasteiger partial charge in [-0.1, -0.05) is 13.8 Å². The van der Waals surface area contributed by atoms with Crippen LogP contribution in [0.4, 0.5) is 8.78 Å². The number of alkyl halides is 2. The number of carbonyl (C=O) groups is 1. The summed E-state index contributed by atoms with van der Waals surface area (Å²) >= 11 is 0. The average Bonchev–Trinajstić information content (AvgIpc) is 2.62. The van der Waals surface area contributed by atoms with Gasteiger partial charge in [0.05, 0.1) is 18.1 Å². The van der Waals surface area contributed by atoms with Crippen LogP contribution in [0.3, 0.4) is 0 Å². The molecular weight excluding hydrogens is 366 g/mol. The molecule has 0 bridgehead atoms. The minimum atomic E-state index is -4.65. The molecule has 1 atom stereocenters. The van der Waals surface area contributed by atoms with Crippen molar-refractivity contribution in [2.24, 2.45) is 5.92 Å². The van der Waals surface area contributed by atoms with Gasteiger partial charge in [0.15, 0.2) is 0 Å². The molecular formula is C17H24F2N2O4S. The van der Waals surface area contributed by atoms with E-state index in [0.29, 0.717) is 25.7 Å². The Kier molecular flexibility index (Phi) is 7.08. The molecule has 1 amide bonds. The first-order chi connectivity index (χ1) is 12.2. The van der Waals surface area contributed by atoms with Crippen LogP contribution in [0.5, 0.6) is 0 Å². The zero-order chi connectivity index (χ0) is 19.3. The van der Waals surface area contributed by atoms with Gasteiger partial charge in [0.2, 0.25) is 9.84 Å².